The Labute approximate surface area is 136 Å². The van der Waals surface area contributed by atoms with Crippen LogP contribution in [0.3, 0.4) is 0 Å². The van der Waals surface area contributed by atoms with E-state index in [4.69, 9.17) is 23.4 Å². The zero-order valence-corrected chi connectivity index (χ0v) is 13.6. The molecular weight excluding hydrogens is 316 g/mol. The summed E-state index contributed by atoms with van der Waals surface area (Å²) in [6.45, 7) is 0. The molecule has 0 atom stereocenters. The molecule has 1 heterocycles. The first kappa shape index (κ1) is 15.8. The fourth-order valence-electron chi connectivity index (χ4n) is 2.68. The lowest BCUT2D eigenvalue weighted by molar-refractivity contribution is 0.326. The highest BCUT2D eigenvalue weighted by molar-refractivity contribution is 5.98. The number of rotatable bonds is 4. The summed E-state index contributed by atoms with van der Waals surface area (Å²) < 4.78 is 26.8. The summed E-state index contributed by atoms with van der Waals surface area (Å²) in [7, 11) is 5.78. The van der Waals surface area contributed by atoms with Crippen molar-refractivity contribution in [1.29, 1.82) is 0 Å². The number of hydrogen-bond acceptors (Lipinski definition) is 7. The molecular formula is C17H16O7. The van der Waals surface area contributed by atoms with E-state index in [1.807, 2.05) is 0 Å². The van der Waals surface area contributed by atoms with Gasteiger partial charge >= 0.3 is 0 Å². The molecule has 0 aliphatic heterocycles. The Bertz CT molecular complexity index is 988. The standard InChI is InChI=1S/C17H16O7/c1-20-8-5-9(18)13-10(6-8)24-11-7-12(21-2)16(22-3)17(23-4)14(11)15(13)19/h5-7,18H,1-4H3. The molecule has 0 amide bonds. The summed E-state index contributed by atoms with van der Waals surface area (Å²) >= 11 is 0. The maximum Gasteiger partial charge on any atom is 0.208 e. The highest BCUT2D eigenvalue weighted by Crippen LogP contribution is 2.43. The van der Waals surface area contributed by atoms with Crippen molar-refractivity contribution < 1.29 is 28.5 Å². The molecule has 3 aromatic rings. The van der Waals surface area contributed by atoms with Crippen molar-refractivity contribution in [2.24, 2.45) is 0 Å². The Morgan fingerprint density at radius 1 is 0.833 bits per heavy atom. The second-order valence-electron chi connectivity index (χ2n) is 4.97. The van der Waals surface area contributed by atoms with E-state index in [-0.39, 0.29) is 39.2 Å². The van der Waals surface area contributed by atoms with Crippen LogP contribution in [-0.2, 0) is 0 Å². The van der Waals surface area contributed by atoms with Crippen LogP contribution in [0.2, 0.25) is 0 Å². The summed E-state index contributed by atoms with van der Waals surface area (Å²) in [4.78, 5) is 12.9. The average molecular weight is 332 g/mol. The first-order valence-corrected chi connectivity index (χ1v) is 7.02. The lowest BCUT2D eigenvalue weighted by Gasteiger charge is -2.14. The summed E-state index contributed by atoms with van der Waals surface area (Å²) in [5.74, 6) is 0.938. The molecule has 0 aliphatic rings. The smallest absolute Gasteiger partial charge is 0.208 e. The van der Waals surface area contributed by atoms with Gasteiger partial charge in [0.25, 0.3) is 0 Å². The minimum absolute atomic E-state index is 0.0359. The van der Waals surface area contributed by atoms with Crippen LogP contribution in [0, 0.1) is 0 Å². The molecule has 0 unspecified atom stereocenters. The van der Waals surface area contributed by atoms with E-state index in [1.165, 1.54) is 46.6 Å². The third kappa shape index (κ3) is 2.17. The van der Waals surface area contributed by atoms with Crippen LogP contribution in [-0.4, -0.2) is 33.5 Å². The largest absolute Gasteiger partial charge is 0.507 e. The molecule has 3 rings (SSSR count). The van der Waals surface area contributed by atoms with Crippen molar-refractivity contribution in [2.45, 2.75) is 0 Å². The molecule has 0 radical (unpaired) electrons. The van der Waals surface area contributed by atoms with Gasteiger partial charge in [-0.2, -0.15) is 0 Å². The number of methoxy groups -OCH3 is 4. The Kier molecular flexibility index (Phi) is 3.84. The van der Waals surface area contributed by atoms with Gasteiger partial charge in [-0.05, 0) is 0 Å². The molecule has 24 heavy (non-hydrogen) atoms. The number of ether oxygens (including phenoxy) is 4. The molecule has 1 aromatic heterocycles. The van der Waals surface area contributed by atoms with E-state index in [0.29, 0.717) is 11.5 Å². The molecule has 2 aromatic carbocycles. The molecule has 0 saturated heterocycles. The first-order chi connectivity index (χ1) is 11.5. The first-order valence-electron chi connectivity index (χ1n) is 7.02. The second kappa shape index (κ2) is 5.84. The van der Waals surface area contributed by atoms with E-state index in [0.717, 1.165) is 0 Å². The minimum atomic E-state index is -0.441. The third-order valence-electron chi connectivity index (χ3n) is 3.76. The highest BCUT2D eigenvalue weighted by atomic mass is 16.5. The lowest BCUT2D eigenvalue weighted by Crippen LogP contribution is -2.06. The van der Waals surface area contributed by atoms with Crippen LogP contribution < -0.4 is 24.4 Å². The van der Waals surface area contributed by atoms with Crippen molar-refractivity contribution >= 4 is 21.9 Å². The van der Waals surface area contributed by atoms with Gasteiger partial charge < -0.3 is 28.5 Å². The highest BCUT2D eigenvalue weighted by Gasteiger charge is 2.22. The van der Waals surface area contributed by atoms with Gasteiger partial charge in [-0.15, -0.1) is 0 Å². The summed E-state index contributed by atoms with van der Waals surface area (Å²) in [5, 5.41) is 10.4. The van der Waals surface area contributed by atoms with E-state index in [2.05, 4.69) is 0 Å². The van der Waals surface area contributed by atoms with Crippen molar-refractivity contribution in [3.63, 3.8) is 0 Å². The molecule has 0 bridgehead atoms. The predicted octanol–water partition coefficient (Wildman–Crippen LogP) is 2.69. The average Bonchev–Trinajstić information content (AvgIpc) is 2.59. The SMILES string of the molecule is COc1cc(O)c2c(=O)c3c(OC)c(OC)c(OC)cc3oc2c1. The van der Waals surface area contributed by atoms with Crippen LogP contribution in [0.4, 0.5) is 0 Å². The van der Waals surface area contributed by atoms with Crippen molar-refractivity contribution in [1.82, 2.24) is 0 Å². The number of aromatic hydroxyl groups is 1. The van der Waals surface area contributed by atoms with Gasteiger partial charge in [0.2, 0.25) is 11.2 Å². The summed E-state index contributed by atoms with van der Waals surface area (Å²) in [5.41, 5.74) is -0.00233. The number of benzene rings is 2. The molecule has 7 nitrogen and oxygen atoms in total. The van der Waals surface area contributed by atoms with E-state index >= 15 is 0 Å². The normalized spacial score (nSPS) is 10.8. The summed E-state index contributed by atoms with van der Waals surface area (Å²) in [6, 6.07) is 4.41. The molecule has 0 saturated carbocycles. The van der Waals surface area contributed by atoms with Crippen LogP contribution in [0.1, 0.15) is 0 Å². The van der Waals surface area contributed by atoms with Gasteiger partial charge in [-0.3, -0.25) is 4.79 Å². The molecule has 126 valence electrons. The number of phenolic OH excluding ortho intramolecular Hbond substituents is 1. The Hall–Kier alpha value is -3.09. The maximum atomic E-state index is 12.9. The van der Waals surface area contributed by atoms with Crippen LogP contribution in [0.25, 0.3) is 21.9 Å². The monoisotopic (exact) mass is 332 g/mol. The lowest BCUT2D eigenvalue weighted by atomic mass is 10.1. The van der Waals surface area contributed by atoms with Gasteiger partial charge in [-0.25, -0.2) is 0 Å². The molecule has 0 aliphatic carbocycles. The molecule has 0 fully saturated rings. The molecule has 0 spiro atoms. The maximum absolute atomic E-state index is 12.9. The second-order valence-corrected chi connectivity index (χ2v) is 4.97. The zero-order valence-electron chi connectivity index (χ0n) is 13.6. The number of fused-ring (bicyclic) bond motifs is 2. The summed E-state index contributed by atoms with van der Waals surface area (Å²) in [6.07, 6.45) is 0. The van der Waals surface area contributed by atoms with Gasteiger partial charge in [0.15, 0.2) is 11.5 Å². The van der Waals surface area contributed by atoms with Gasteiger partial charge in [-0.1, -0.05) is 0 Å². The Balaban J connectivity index is 2.55. The molecule has 7 heteroatoms. The van der Waals surface area contributed by atoms with Crippen LogP contribution in [0.5, 0.6) is 28.7 Å². The fourth-order valence-corrected chi connectivity index (χ4v) is 2.68. The third-order valence-corrected chi connectivity index (χ3v) is 3.76. The quantitative estimate of drug-likeness (QED) is 0.735. The number of phenols is 1. The van der Waals surface area contributed by atoms with Crippen molar-refractivity contribution in [3.8, 4) is 28.7 Å². The topological polar surface area (TPSA) is 87.4 Å². The number of hydrogen-bond donors (Lipinski definition) is 1. The van der Waals surface area contributed by atoms with Crippen molar-refractivity contribution in [3.05, 3.63) is 28.4 Å². The molecule has 1 N–H and O–H groups in total. The van der Waals surface area contributed by atoms with Gasteiger partial charge in [0.05, 0.1) is 28.4 Å². The Morgan fingerprint density at radius 3 is 2.08 bits per heavy atom. The van der Waals surface area contributed by atoms with E-state index in [9.17, 15) is 9.90 Å². The van der Waals surface area contributed by atoms with E-state index in [1.54, 1.807) is 0 Å². The predicted molar refractivity (Wildman–Crippen MR) is 87.9 cm³/mol. The van der Waals surface area contributed by atoms with E-state index < -0.39 is 5.43 Å². The van der Waals surface area contributed by atoms with Gasteiger partial charge in [0.1, 0.15) is 33.4 Å². The van der Waals surface area contributed by atoms with Crippen LogP contribution >= 0.6 is 0 Å². The van der Waals surface area contributed by atoms with Crippen LogP contribution in [0.15, 0.2) is 27.4 Å². The zero-order chi connectivity index (χ0) is 17.4. The fraction of sp³-hybridized carbons (Fsp3) is 0.235. The van der Waals surface area contributed by atoms with Crippen molar-refractivity contribution in [2.75, 3.05) is 28.4 Å². The van der Waals surface area contributed by atoms with Gasteiger partial charge in [0, 0.05) is 18.2 Å². The minimum Gasteiger partial charge on any atom is -0.507 e. The Morgan fingerprint density at radius 2 is 1.50 bits per heavy atom.